The van der Waals surface area contributed by atoms with Crippen LogP contribution < -0.4 is 5.32 Å². The largest absolute Gasteiger partial charge is 0.351 e. The monoisotopic (exact) mass is 462 g/mol. The van der Waals surface area contributed by atoms with Crippen molar-refractivity contribution in [2.75, 3.05) is 0 Å². The quantitative estimate of drug-likeness (QED) is 0.378. The van der Waals surface area contributed by atoms with Crippen LogP contribution in [0.5, 0.6) is 0 Å². The second-order valence-corrected chi connectivity index (χ2v) is 8.81. The van der Waals surface area contributed by atoms with E-state index < -0.39 is 0 Å². The summed E-state index contributed by atoms with van der Waals surface area (Å²) in [6, 6.07) is 20.0. The number of rotatable bonds is 5. The average Bonchev–Trinajstić information content (AvgIpc) is 3.49. The van der Waals surface area contributed by atoms with E-state index in [4.69, 9.17) is 16.7 Å². The predicted octanol–water partition coefficient (Wildman–Crippen LogP) is 5.80. The van der Waals surface area contributed by atoms with E-state index in [0.717, 1.165) is 16.8 Å². The molecule has 0 fully saturated rings. The fourth-order valence-electron chi connectivity index (χ4n) is 3.78. The fourth-order valence-corrected chi connectivity index (χ4v) is 4.79. The molecule has 1 aliphatic heterocycles. The standard InChI is InChI=1S/C24H19FN4OS2/c1-15-20(23-27-22(28-30-23)17-9-5-10-18(25)13-17)21(16-7-3-2-4-8-16)26-24(31)29(15)14-19-11-6-12-32-19/h2-13,21H,14H2,1H3,(H,26,31). The minimum absolute atomic E-state index is 0.246. The van der Waals surface area contributed by atoms with Crippen molar-refractivity contribution < 1.29 is 8.91 Å². The average molecular weight is 463 g/mol. The van der Waals surface area contributed by atoms with Crippen molar-refractivity contribution in [1.82, 2.24) is 20.4 Å². The maximum absolute atomic E-state index is 13.7. The van der Waals surface area contributed by atoms with Crippen LogP contribution in [0.3, 0.4) is 0 Å². The van der Waals surface area contributed by atoms with Crippen LogP contribution in [0, 0.1) is 5.82 Å². The van der Waals surface area contributed by atoms with Crippen LogP contribution in [0.2, 0.25) is 0 Å². The first-order chi connectivity index (χ1) is 15.6. The molecule has 1 aliphatic rings. The Kier molecular flexibility index (Phi) is 5.55. The minimum atomic E-state index is -0.349. The molecule has 1 N–H and O–H groups in total. The second-order valence-electron chi connectivity index (χ2n) is 7.39. The third kappa shape index (κ3) is 3.94. The van der Waals surface area contributed by atoms with Crippen LogP contribution in [0.4, 0.5) is 4.39 Å². The lowest BCUT2D eigenvalue weighted by atomic mass is 9.95. The first-order valence-electron chi connectivity index (χ1n) is 10.1. The molecular formula is C24H19FN4OS2. The highest BCUT2D eigenvalue weighted by molar-refractivity contribution is 7.80. The smallest absolute Gasteiger partial charge is 0.258 e. The molecule has 0 aliphatic carbocycles. The van der Waals surface area contributed by atoms with Gasteiger partial charge in [0.1, 0.15) is 5.82 Å². The lowest BCUT2D eigenvalue weighted by Crippen LogP contribution is -2.45. The highest BCUT2D eigenvalue weighted by Crippen LogP contribution is 2.38. The Hall–Kier alpha value is -3.36. The van der Waals surface area contributed by atoms with Crippen molar-refractivity contribution in [3.8, 4) is 11.4 Å². The third-order valence-corrected chi connectivity index (χ3v) is 6.56. The molecule has 2 aromatic carbocycles. The summed E-state index contributed by atoms with van der Waals surface area (Å²) in [5.74, 6) is 0.365. The van der Waals surface area contributed by atoms with Crippen molar-refractivity contribution >= 4 is 34.2 Å². The second kappa shape index (κ2) is 8.64. The molecular weight excluding hydrogens is 443 g/mol. The van der Waals surface area contributed by atoms with Gasteiger partial charge >= 0.3 is 0 Å². The number of aromatic nitrogens is 2. The molecule has 1 unspecified atom stereocenters. The van der Waals surface area contributed by atoms with Crippen LogP contribution in [-0.4, -0.2) is 20.2 Å². The molecule has 160 valence electrons. The molecule has 0 radical (unpaired) electrons. The van der Waals surface area contributed by atoms with E-state index in [1.165, 1.54) is 17.0 Å². The van der Waals surface area contributed by atoms with Gasteiger partial charge in [-0.15, -0.1) is 11.3 Å². The number of benzene rings is 2. The zero-order valence-corrected chi connectivity index (χ0v) is 18.8. The number of nitrogens with zero attached hydrogens (tertiary/aromatic N) is 3. The van der Waals surface area contributed by atoms with Gasteiger partial charge in [-0.3, -0.25) is 0 Å². The van der Waals surface area contributed by atoms with Crippen molar-refractivity contribution in [2.24, 2.45) is 0 Å². The predicted molar refractivity (Wildman–Crippen MR) is 127 cm³/mol. The van der Waals surface area contributed by atoms with Crippen molar-refractivity contribution in [2.45, 2.75) is 19.5 Å². The Morgan fingerprint density at radius 3 is 2.72 bits per heavy atom. The molecule has 4 aromatic rings. The highest BCUT2D eigenvalue weighted by atomic mass is 32.1. The van der Waals surface area contributed by atoms with Gasteiger partial charge in [-0.2, -0.15) is 4.98 Å². The summed E-state index contributed by atoms with van der Waals surface area (Å²) < 4.78 is 19.4. The van der Waals surface area contributed by atoms with Gasteiger partial charge in [0.05, 0.1) is 18.2 Å². The van der Waals surface area contributed by atoms with Gasteiger partial charge in [0.2, 0.25) is 5.82 Å². The summed E-state index contributed by atoms with van der Waals surface area (Å²) in [6.45, 7) is 2.66. The zero-order chi connectivity index (χ0) is 22.1. The van der Waals surface area contributed by atoms with Crippen LogP contribution >= 0.6 is 23.6 Å². The van der Waals surface area contributed by atoms with Gasteiger partial charge in [-0.25, -0.2) is 4.39 Å². The van der Waals surface area contributed by atoms with E-state index in [0.29, 0.717) is 28.9 Å². The van der Waals surface area contributed by atoms with E-state index in [2.05, 4.69) is 21.5 Å². The van der Waals surface area contributed by atoms with Crippen LogP contribution in [0.1, 0.15) is 29.3 Å². The van der Waals surface area contributed by atoms with Gasteiger partial charge in [0, 0.05) is 16.1 Å². The molecule has 5 rings (SSSR count). The molecule has 0 saturated carbocycles. The zero-order valence-electron chi connectivity index (χ0n) is 17.2. The molecule has 32 heavy (non-hydrogen) atoms. The first kappa shape index (κ1) is 20.5. The third-order valence-electron chi connectivity index (χ3n) is 5.36. The Balaban J connectivity index is 1.60. The number of halogens is 1. The van der Waals surface area contributed by atoms with Crippen LogP contribution in [-0.2, 0) is 6.54 Å². The SMILES string of the molecule is CC1=C(c2nc(-c3cccc(F)c3)no2)C(c2ccccc2)NC(=S)N1Cc1cccs1. The van der Waals surface area contributed by atoms with Gasteiger partial charge < -0.3 is 14.7 Å². The van der Waals surface area contributed by atoms with E-state index in [9.17, 15) is 4.39 Å². The van der Waals surface area contributed by atoms with E-state index in [1.54, 1.807) is 23.5 Å². The number of thiocarbonyl (C=S) groups is 1. The van der Waals surface area contributed by atoms with Crippen LogP contribution in [0.15, 0.2) is 82.3 Å². The van der Waals surface area contributed by atoms with Crippen molar-refractivity contribution in [3.05, 3.63) is 100.0 Å². The molecule has 8 heteroatoms. The van der Waals surface area contributed by atoms with Gasteiger partial charge in [-0.1, -0.05) is 53.7 Å². The molecule has 0 amide bonds. The molecule has 0 spiro atoms. The number of thiophene rings is 1. The van der Waals surface area contributed by atoms with Crippen molar-refractivity contribution in [1.29, 1.82) is 0 Å². The van der Waals surface area contributed by atoms with Gasteiger partial charge in [0.15, 0.2) is 5.11 Å². The summed E-state index contributed by atoms with van der Waals surface area (Å²) >= 11 is 7.41. The normalized spacial score (nSPS) is 16.4. The Labute approximate surface area is 194 Å². The number of nitrogens with one attached hydrogen (secondary N) is 1. The Bertz CT molecular complexity index is 1280. The van der Waals surface area contributed by atoms with E-state index >= 15 is 0 Å². The maximum Gasteiger partial charge on any atom is 0.258 e. The number of hydrogen-bond acceptors (Lipinski definition) is 5. The summed E-state index contributed by atoms with van der Waals surface area (Å²) in [4.78, 5) is 7.85. The first-order valence-corrected chi connectivity index (χ1v) is 11.3. The molecule has 2 aromatic heterocycles. The lowest BCUT2D eigenvalue weighted by molar-refractivity contribution is 0.396. The Morgan fingerprint density at radius 1 is 1.12 bits per heavy atom. The number of hydrogen-bond donors (Lipinski definition) is 1. The van der Waals surface area contributed by atoms with E-state index in [1.807, 2.05) is 53.6 Å². The summed E-state index contributed by atoms with van der Waals surface area (Å²) in [6.07, 6.45) is 0. The summed E-state index contributed by atoms with van der Waals surface area (Å²) in [5.41, 5.74) is 3.37. The maximum atomic E-state index is 13.7. The van der Waals surface area contributed by atoms with Gasteiger partial charge in [0.25, 0.3) is 5.89 Å². The minimum Gasteiger partial charge on any atom is -0.351 e. The number of allylic oxidation sites excluding steroid dienone is 1. The molecule has 1 atom stereocenters. The molecule has 3 heterocycles. The Morgan fingerprint density at radius 2 is 1.97 bits per heavy atom. The highest BCUT2D eigenvalue weighted by Gasteiger charge is 2.34. The summed E-state index contributed by atoms with van der Waals surface area (Å²) in [7, 11) is 0. The van der Waals surface area contributed by atoms with Crippen molar-refractivity contribution in [3.63, 3.8) is 0 Å². The molecule has 5 nitrogen and oxygen atoms in total. The van der Waals surface area contributed by atoms with Gasteiger partial charge in [-0.05, 0) is 48.3 Å². The summed E-state index contributed by atoms with van der Waals surface area (Å²) in [5, 5.41) is 10.3. The topological polar surface area (TPSA) is 54.2 Å². The fraction of sp³-hybridized carbons (Fsp3) is 0.125. The molecule has 0 saturated heterocycles. The molecule has 0 bridgehead atoms. The van der Waals surface area contributed by atoms with E-state index in [-0.39, 0.29) is 11.9 Å². The van der Waals surface area contributed by atoms with Crippen LogP contribution in [0.25, 0.3) is 17.0 Å². The lowest BCUT2D eigenvalue weighted by Gasteiger charge is -2.37.